The van der Waals surface area contributed by atoms with Crippen LogP contribution in [-0.4, -0.2) is 26.7 Å². The Labute approximate surface area is 108 Å². The summed E-state index contributed by atoms with van der Waals surface area (Å²) in [5.74, 6) is 0.565. The van der Waals surface area contributed by atoms with Gasteiger partial charge in [0.1, 0.15) is 5.75 Å². The van der Waals surface area contributed by atoms with Crippen molar-refractivity contribution in [2.45, 2.75) is 25.8 Å². The van der Waals surface area contributed by atoms with E-state index in [0.717, 1.165) is 11.3 Å². The standard InChI is InChI=1S/C14H21NO3/c1-5-18-13(16)10-14(2,15-3)11-7-6-8-12(9-11)17-4/h6-9,15H,5,10H2,1-4H3. The summed E-state index contributed by atoms with van der Waals surface area (Å²) in [6.07, 6.45) is 0.282. The second kappa shape index (κ2) is 6.40. The Morgan fingerprint density at radius 3 is 2.72 bits per heavy atom. The number of rotatable bonds is 6. The van der Waals surface area contributed by atoms with Crippen molar-refractivity contribution in [1.82, 2.24) is 5.32 Å². The maximum Gasteiger partial charge on any atom is 0.307 e. The van der Waals surface area contributed by atoms with Gasteiger partial charge in [-0.15, -0.1) is 0 Å². The SMILES string of the molecule is CCOC(=O)CC(C)(NC)c1cccc(OC)c1. The summed E-state index contributed by atoms with van der Waals surface area (Å²) in [7, 11) is 3.46. The highest BCUT2D eigenvalue weighted by Gasteiger charge is 2.28. The number of ether oxygens (including phenoxy) is 2. The van der Waals surface area contributed by atoms with Crippen LogP contribution in [0.2, 0.25) is 0 Å². The van der Waals surface area contributed by atoms with Crippen LogP contribution in [0.4, 0.5) is 0 Å². The Hall–Kier alpha value is -1.55. The molecular formula is C14H21NO3. The van der Waals surface area contributed by atoms with Gasteiger partial charge in [0, 0.05) is 0 Å². The number of benzene rings is 1. The largest absolute Gasteiger partial charge is 0.497 e. The van der Waals surface area contributed by atoms with Crippen LogP contribution in [0.15, 0.2) is 24.3 Å². The van der Waals surface area contributed by atoms with Gasteiger partial charge >= 0.3 is 5.97 Å². The van der Waals surface area contributed by atoms with Gasteiger partial charge in [0.25, 0.3) is 0 Å². The first-order chi connectivity index (χ1) is 8.55. The van der Waals surface area contributed by atoms with Crippen LogP contribution in [0, 0.1) is 0 Å². The van der Waals surface area contributed by atoms with Crippen molar-refractivity contribution in [2.24, 2.45) is 0 Å². The highest BCUT2D eigenvalue weighted by Crippen LogP contribution is 2.27. The first kappa shape index (κ1) is 14.5. The van der Waals surface area contributed by atoms with Crippen molar-refractivity contribution in [2.75, 3.05) is 20.8 Å². The Kier molecular flexibility index (Phi) is 5.16. The van der Waals surface area contributed by atoms with Crippen molar-refractivity contribution < 1.29 is 14.3 Å². The van der Waals surface area contributed by atoms with E-state index in [4.69, 9.17) is 9.47 Å². The summed E-state index contributed by atoms with van der Waals surface area (Å²) in [6.45, 7) is 4.18. The zero-order valence-corrected chi connectivity index (χ0v) is 11.4. The fourth-order valence-electron chi connectivity index (χ4n) is 1.80. The lowest BCUT2D eigenvalue weighted by Crippen LogP contribution is -2.39. The van der Waals surface area contributed by atoms with Crippen LogP contribution < -0.4 is 10.1 Å². The molecule has 4 nitrogen and oxygen atoms in total. The molecule has 0 bridgehead atoms. The van der Waals surface area contributed by atoms with E-state index in [1.807, 2.05) is 38.2 Å². The third kappa shape index (κ3) is 3.47. The molecule has 1 unspecified atom stereocenters. The predicted molar refractivity (Wildman–Crippen MR) is 70.7 cm³/mol. The zero-order chi connectivity index (χ0) is 13.6. The van der Waals surface area contributed by atoms with Gasteiger partial charge in [-0.2, -0.15) is 0 Å². The molecule has 4 heteroatoms. The van der Waals surface area contributed by atoms with E-state index < -0.39 is 5.54 Å². The first-order valence-corrected chi connectivity index (χ1v) is 6.04. The van der Waals surface area contributed by atoms with Gasteiger partial charge in [-0.1, -0.05) is 12.1 Å². The number of carbonyl (C=O) groups excluding carboxylic acids is 1. The maximum atomic E-state index is 11.7. The Morgan fingerprint density at radius 2 is 2.17 bits per heavy atom. The van der Waals surface area contributed by atoms with Crippen molar-refractivity contribution >= 4 is 5.97 Å². The van der Waals surface area contributed by atoms with E-state index in [9.17, 15) is 4.79 Å². The van der Waals surface area contributed by atoms with Crippen molar-refractivity contribution in [3.8, 4) is 5.75 Å². The summed E-state index contributed by atoms with van der Waals surface area (Å²) in [5.41, 5.74) is 0.540. The second-order valence-corrected chi connectivity index (χ2v) is 4.30. The van der Waals surface area contributed by atoms with Gasteiger partial charge in [-0.25, -0.2) is 0 Å². The van der Waals surface area contributed by atoms with E-state index in [1.165, 1.54) is 0 Å². The summed E-state index contributed by atoms with van der Waals surface area (Å²) in [5, 5.41) is 3.18. The van der Waals surface area contributed by atoms with Crippen LogP contribution in [0.3, 0.4) is 0 Å². The lowest BCUT2D eigenvalue weighted by molar-refractivity contribution is -0.144. The quantitative estimate of drug-likeness (QED) is 0.786. The fourth-order valence-corrected chi connectivity index (χ4v) is 1.80. The molecule has 1 aromatic rings. The minimum Gasteiger partial charge on any atom is -0.497 e. The van der Waals surface area contributed by atoms with Crippen molar-refractivity contribution in [1.29, 1.82) is 0 Å². The zero-order valence-electron chi connectivity index (χ0n) is 11.4. The number of esters is 1. The molecule has 0 aliphatic heterocycles. The molecule has 0 aromatic heterocycles. The van der Waals surface area contributed by atoms with E-state index in [0.29, 0.717) is 6.61 Å². The Bertz CT molecular complexity index is 406. The topological polar surface area (TPSA) is 47.6 Å². The molecule has 1 rings (SSSR count). The monoisotopic (exact) mass is 251 g/mol. The van der Waals surface area contributed by atoms with E-state index in [1.54, 1.807) is 14.0 Å². The van der Waals surface area contributed by atoms with Crippen LogP contribution >= 0.6 is 0 Å². The molecule has 0 heterocycles. The van der Waals surface area contributed by atoms with Gasteiger partial charge in [-0.3, -0.25) is 4.79 Å². The van der Waals surface area contributed by atoms with Gasteiger partial charge < -0.3 is 14.8 Å². The van der Waals surface area contributed by atoms with Crippen LogP contribution in [0.25, 0.3) is 0 Å². The smallest absolute Gasteiger partial charge is 0.307 e. The average Bonchev–Trinajstić information content (AvgIpc) is 2.39. The van der Waals surface area contributed by atoms with Gasteiger partial charge in [-0.05, 0) is 38.6 Å². The number of carbonyl (C=O) groups is 1. The third-order valence-corrected chi connectivity index (χ3v) is 3.06. The summed E-state index contributed by atoms with van der Waals surface area (Å²) >= 11 is 0. The van der Waals surface area contributed by atoms with Gasteiger partial charge in [0.05, 0.1) is 25.7 Å². The number of hydrogen-bond donors (Lipinski definition) is 1. The van der Waals surface area contributed by atoms with Crippen molar-refractivity contribution in [3.05, 3.63) is 29.8 Å². The Balaban J connectivity index is 2.94. The van der Waals surface area contributed by atoms with Gasteiger partial charge in [0.15, 0.2) is 0 Å². The highest BCUT2D eigenvalue weighted by atomic mass is 16.5. The fraction of sp³-hybridized carbons (Fsp3) is 0.500. The molecule has 0 fully saturated rings. The predicted octanol–water partition coefficient (Wildman–Crippen LogP) is 2.08. The molecular weight excluding hydrogens is 230 g/mol. The molecule has 0 saturated carbocycles. The van der Waals surface area contributed by atoms with Crippen LogP contribution in [0.1, 0.15) is 25.8 Å². The summed E-state index contributed by atoms with van der Waals surface area (Å²) in [6, 6.07) is 7.69. The minimum atomic E-state index is -0.458. The molecule has 0 spiro atoms. The third-order valence-electron chi connectivity index (χ3n) is 3.06. The number of methoxy groups -OCH3 is 1. The molecule has 0 amide bonds. The molecule has 18 heavy (non-hydrogen) atoms. The van der Waals surface area contributed by atoms with E-state index in [-0.39, 0.29) is 12.4 Å². The van der Waals surface area contributed by atoms with Crippen molar-refractivity contribution in [3.63, 3.8) is 0 Å². The molecule has 100 valence electrons. The van der Waals surface area contributed by atoms with Crippen LogP contribution in [0.5, 0.6) is 5.75 Å². The molecule has 1 atom stereocenters. The summed E-state index contributed by atoms with van der Waals surface area (Å²) in [4.78, 5) is 11.7. The summed E-state index contributed by atoms with van der Waals surface area (Å²) < 4.78 is 10.2. The molecule has 0 aliphatic carbocycles. The first-order valence-electron chi connectivity index (χ1n) is 6.04. The number of hydrogen-bond acceptors (Lipinski definition) is 4. The molecule has 0 saturated heterocycles. The highest BCUT2D eigenvalue weighted by molar-refractivity contribution is 5.71. The molecule has 1 N–H and O–H groups in total. The molecule has 0 radical (unpaired) electrons. The molecule has 1 aromatic carbocycles. The van der Waals surface area contributed by atoms with Gasteiger partial charge in [0.2, 0.25) is 0 Å². The lowest BCUT2D eigenvalue weighted by Gasteiger charge is -2.29. The van der Waals surface area contributed by atoms with E-state index in [2.05, 4.69) is 5.32 Å². The maximum absolute atomic E-state index is 11.7. The average molecular weight is 251 g/mol. The lowest BCUT2D eigenvalue weighted by atomic mass is 9.88. The second-order valence-electron chi connectivity index (χ2n) is 4.30. The Morgan fingerprint density at radius 1 is 1.44 bits per heavy atom. The minimum absolute atomic E-state index is 0.211. The normalized spacial score (nSPS) is 13.8. The van der Waals surface area contributed by atoms with E-state index >= 15 is 0 Å². The number of nitrogens with one attached hydrogen (secondary N) is 1. The molecule has 0 aliphatic rings. The van der Waals surface area contributed by atoms with Crippen LogP contribution in [-0.2, 0) is 15.1 Å².